The maximum atomic E-state index is 13.7. The molecule has 2 aromatic heterocycles. The van der Waals surface area contributed by atoms with Crippen LogP contribution < -0.4 is 16.0 Å². The van der Waals surface area contributed by atoms with Crippen molar-refractivity contribution in [2.24, 2.45) is 11.3 Å². The van der Waals surface area contributed by atoms with Gasteiger partial charge in [0.25, 0.3) is 11.8 Å². The van der Waals surface area contributed by atoms with Gasteiger partial charge in [-0.2, -0.15) is 0 Å². The van der Waals surface area contributed by atoms with Crippen molar-refractivity contribution in [2.45, 2.75) is 69.5 Å². The van der Waals surface area contributed by atoms with E-state index in [4.69, 9.17) is 0 Å². The number of hydrogen-bond acceptors (Lipinski definition) is 6. The predicted octanol–water partition coefficient (Wildman–Crippen LogP) is 0.578. The van der Waals surface area contributed by atoms with Crippen LogP contribution in [0.2, 0.25) is 0 Å². The van der Waals surface area contributed by atoms with Crippen molar-refractivity contribution >= 4 is 35.1 Å². The second-order valence-electron chi connectivity index (χ2n) is 11.2. The zero-order valence-corrected chi connectivity index (χ0v) is 21.2. The molecule has 2 aliphatic heterocycles. The molecule has 200 valence electrons. The number of Topliss-reactive ketones (excluding diaryl/α,β-unsaturated/α-hetero) is 1. The van der Waals surface area contributed by atoms with Gasteiger partial charge in [0.2, 0.25) is 17.6 Å². The molecule has 4 aliphatic rings. The van der Waals surface area contributed by atoms with E-state index in [1.165, 1.54) is 0 Å². The second-order valence-corrected chi connectivity index (χ2v) is 11.2. The van der Waals surface area contributed by atoms with E-state index in [0.717, 1.165) is 32.1 Å². The number of ketones is 1. The van der Waals surface area contributed by atoms with E-state index in [0.29, 0.717) is 31.6 Å². The molecule has 0 aromatic carbocycles. The molecule has 11 nitrogen and oxygen atoms in total. The van der Waals surface area contributed by atoms with Crippen LogP contribution in [0.5, 0.6) is 0 Å². The van der Waals surface area contributed by atoms with Gasteiger partial charge in [-0.3, -0.25) is 24.0 Å². The molecule has 1 unspecified atom stereocenters. The molecule has 38 heavy (non-hydrogen) atoms. The average molecular weight is 521 g/mol. The molecule has 3 atom stereocenters. The van der Waals surface area contributed by atoms with Gasteiger partial charge in [0.05, 0.1) is 6.04 Å². The Bertz CT molecular complexity index is 1280. The molecular formula is C27H32N6O5. The Labute approximate surface area is 219 Å². The minimum Gasteiger partial charge on any atom is -0.356 e. The lowest BCUT2D eigenvalue weighted by molar-refractivity contribution is -0.141. The first-order valence-corrected chi connectivity index (χ1v) is 13.5. The van der Waals surface area contributed by atoms with E-state index in [9.17, 15) is 24.0 Å². The zero-order valence-electron chi connectivity index (χ0n) is 21.2. The van der Waals surface area contributed by atoms with Crippen molar-refractivity contribution in [2.75, 3.05) is 13.1 Å². The van der Waals surface area contributed by atoms with Crippen LogP contribution in [-0.4, -0.2) is 74.9 Å². The molecule has 4 fully saturated rings. The van der Waals surface area contributed by atoms with Crippen LogP contribution in [0.3, 0.4) is 0 Å². The van der Waals surface area contributed by atoms with Gasteiger partial charge in [-0.05, 0) is 68.9 Å². The average Bonchev–Trinajstić information content (AvgIpc) is 3.80. The molecule has 0 bridgehead atoms. The predicted molar refractivity (Wildman–Crippen MR) is 135 cm³/mol. The number of aromatic nitrogens is 2. The molecule has 4 amide bonds. The van der Waals surface area contributed by atoms with Crippen LogP contribution in [-0.2, 0) is 19.2 Å². The molecule has 3 N–H and O–H groups in total. The monoisotopic (exact) mass is 520 g/mol. The highest BCUT2D eigenvalue weighted by atomic mass is 16.2. The summed E-state index contributed by atoms with van der Waals surface area (Å²) in [6, 6.07) is 3.55. The summed E-state index contributed by atoms with van der Waals surface area (Å²) in [5, 5.41) is 8.23. The minimum atomic E-state index is -1.14. The normalized spacial score (nSPS) is 24.6. The number of nitrogens with zero attached hydrogens (tertiary/aromatic N) is 3. The number of imidazole rings is 1. The molecule has 1 spiro atoms. The van der Waals surface area contributed by atoms with Gasteiger partial charge in [-0.1, -0.05) is 6.07 Å². The number of nitrogens with one attached hydrogen (secondary N) is 3. The molecule has 2 saturated heterocycles. The Morgan fingerprint density at radius 2 is 1.95 bits per heavy atom. The highest BCUT2D eigenvalue weighted by molar-refractivity contribution is 6.38. The van der Waals surface area contributed by atoms with Gasteiger partial charge in [0.1, 0.15) is 17.4 Å². The van der Waals surface area contributed by atoms with Gasteiger partial charge in [-0.15, -0.1) is 0 Å². The largest absolute Gasteiger partial charge is 0.356 e. The third-order valence-corrected chi connectivity index (χ3v) is 8.44. The third-order valence-electron chi connectivity index (χ3n) is 8.44. The SMILES string of the molecule is O=C(NC1CC1)C(=O)C(C[C@@H]1CCNC1=O)NC(=O)[C@@H]1CC2(CCN1C(=O)c1cn3ccccc3n1)CC2. The number of fused-ring (bicyclic) bond motifs is 1. The maximum absolute atomic E-state index is 13.7. The van der Waals surface area contributed by atoms with Crippen molar-refractivity contribution in [3.63, 3.8) is 0 Å². The number of likely N-dealkylation sites (tertiary alicyclic amines) is 1. The molecule has 2 saturated carbocycles. The minimum absolute atomic E-state index is 0.0100. The van der Waals surface area contributed by atoms with Crippen molar-refractivity contribution < 1.29 is 24.0 Å². The van der Waals surface area contributed by atoms with Gasteiger partial charge in [-0.25, -0.2) is 4.98 Å². The van der Waals surface area contributed by atoms with Crippen molar-refractivity contribution in [1.82, 2.24) is 30.2 Å². The van der Waals surface area contributed by atoms with Crippen molar-refractivity contribution in [3.8, 4) is 0 Å². The lowest BCUT2D eigenvalue weighted by Crippen LogP contribution is -2.58. The van der Waals surface area contributed by atoms with Crippen LogP contribution in [0.4, 0.5) is 0 Å². The van der Waals surface area contributed by atoms with Crippen LogP contribution in [0.1, 0.15) is 61.9 Å². The summed E-state index contributed by atoms with van der Waals surface area (Å²) < 4.78 is 1.76. The second kappa shape index (κ2) is 9.52. The summed E-state index contributed by atoms with van der Waals surface area (Å²) in [6.45, 7) is 0.912. The smallest absolute Gasteiger partial charge is 0.289 e. The number of amides is 4. The third kappa shape index (κ3) is 4.89. The van der Waals surface area contributed by atoms with Crippen LogP contribution in [0, 0.1) is 11.3 Å². The first-order chi connectivity index (χ1) is 18.3. The summed E-state index contributed by atoms with van der Waals surface area (Å²) in [5.41, 5.74) is 0.917. The van der Waals surface area contributed by atoms with Crippen LogP contribution in [0.15, 0.2) is 30.6 Å². The lowest BCUT2D eigenvalue weighted by Gasteiger charge is -2.39. The molecular weight excluding hydrogens is 488 g/mol. The van der Waals surface area contributed by atoms with Gasteiger partial charge in [0.15, 0.2) is 0 Å². The summed E-state index contributed by atoms with van der Waals surface area (Å²) in [5.74, 6) is -2.94. The Balaban J connectivity index is 1.23. The lowest BCUT2D eigenvalue weighted by atomic mass is 9.86. The topological polar surface area (TPSA) is 142 Å². The summed E-state index contributed by atoms with van der Waals surface area (Å²) >= 11 is 0. The molecule has 11 heteroatoms. The van der Waals surface area contributed by atoms with E-state index in [2.05, 4.69) is 20.9 Å². The quantitative estimate of drug-likeness (QED) is 0.435. The fourth-order valence-electron chi connectivity index (χ4n) is 5.73. The number of carbonyl (C=O) groups is 5. The fraction of sp³-hybridized carbons (Fsp3) is 0.556. The molecule has 2 aliphatic carbocycles. The molecule has 2 aromatic rings. The maximum Gasteiger partial charge on any atom is 0.289 e. The fourth-order valence-corrected chi connectivity index (χ4v) is 5.73. The van der Waals surface area contributed by atoms with Crippen molar-refractivity contribution in [3.05, 3.63) is 36.3 Å². The summed E-state index contributed by atoms with van der Waals surface area (Å²) in [7, 11) is 0. The van der Waals surface area contributed by atoms with Gasteiger partial charge in [0, 0.05) is 37.4 Å². The first-order valence-electron chi connectivity index (χ1n) is 13.5. The summed E-state index contributed by atoms with van der Waals surface area (Å²) in [4.78, 5) is 71.3. The van der Waals surface area contributed by atoms with E-state index >= 15 is 0 Å². The van der Waals surface area contributed by atoms with Crippen LogP contribution >= 0.6 is 0 Å². The van der Waals surface area contributed by atoms with Crippen LogP contribution in [0.25, 0.3) is 5.65 Å². The Morgan fingerprint density at radius 3 is 2.63 bits per heavy atom. The number of pyridine rings is 1. The number of piperidine rings is 1. The first kappa shape index (κ1) is 24.6. The van der Waals surface area contributed by atoms with E-state index in [1.807, 2.05) is 12.1 Å². The molecule has 4 heterocycles. The highest BCUT2D eigenvalue weighted by Gasteiger charge is 2.51. The van der Waals surface area contributed by atoms with E-state index in [1.54, 1.807) is 27.8 Å². The van der Waals surface area contributed by atoms with Crippen molar-refractivity contribution in [1.29, 1.82) is 0 Å². The zero-order chi connectivity index (χ0) is 26.4. The number of carbonyl (C=O) groups excluding carboxylic acids is 5. The van der Waals surface area contributed by atoms with Gasteiger partial charge >= 0.3 is 0 Å². The Kier molecular flexibility index (Phi) is 6.16. The van der Waals surface area contributed by atoms with E-state index < -0.39 is 35.6 Å². The number of hydrogen-bond donors (Lipinski definition) is 3. The van der Waals surface area contributed by atoms with Gasteiger partial charge < -0.3 is 25.3 Å². The van der Waals surface area contributed by atoms with E-state index in [-0.39, 0.29) is 35.4 Å². The Morgan fingerprint density at radius 1 is 1.13 bits per heavy atom. The number of rotatable bonds is 8. The molecule has 6 rings (SSSR count). The molecule has 0 radical (unpaired) electrons. The highest BCUT2D eigenvalue weighted by Crippen LogP contribution is 2.55. The summed E-state index contributed by atoms with van der Waals surface area (Å²) in [6.07, 6.45) is 9.00. The Hall–Kier alpha value is -3.76. The standard InChI is InChI=1S/C27H32N6O5/c34-22(25(37)29-17-4-5-17)18(13-16-6-10-28-23(16)35)31-24(36)20-14-27(7-8-27)9-12-33(20)26(38)19-15-32-11-2-1-3-21(32)30-19/h1-3,11,15-18,20H,4-10,12-14H2,(H,28,35)(H,29,37)(H,31,36)/t16-,18?,20-/m0/s1.